The van der Waals surface area contributed by atoms with Crippen LogP contribution in [0, 0.1) is 37.5 Å². The van der Waals surface area contributed by atoms with Crippen LogP contribution in [-0.2, 0) is 0 Å². The fraction of sp³-hybridized carbons (Fsp3) is 0.158. The summed E-state index contributed by atoms with van der Waals surface area (Å²) in [6.45, 7) is 6.00. The summed E-state index contributed by atoms with van der Waals surface area (Å²) >= 11 is 0. The van der Waals surface area contributed by atoms with Crippen LogP contribution >= 0.6 is 0 Å². The van der Waals surface area contributed by atoms with Crippen molar-refractivity contribution in [3.05, 3.63) is 70.3 Å². The zero-order valence-electron chi connectivity index (χ0n) is 11.5. The summed E-state index contributed by atoms with van der Waals surface area (Å²) < 4.78 is 0. The number of benzene rings is 2. The van der Waals surface area contributed by atoms with Crippen molar-refractivity contribution in [1.82, 2.24) is 0 Å². The fourth-order valence-corrected chi connectivity index (χ4v) is 1.80. The Morgan fingerprint density at radius 3 is 2.00 bits per heavy atom. The van der Waals surface area contributed by atoms with Crippen molar-refractivity contribution in [1.29, 1.82) is 0 Å². The number of rotatable bonds is 0. The summed E-state index contributed by atoms with van der Waals surface area (Å²) in [6, 6.07) is 14.4. The summed E-state index contributed by atoms with van der Waals surface area (Å²) in [4.78, 5) is 0. The van der Waals surface area contributed by atoms with Crippen LogP contribution in [0.25, 0.3) is 0 Å². The van der Waals surface area contributed by atoms with E-state index in [0.29, 0.717) is 0 Å². The molecule has 0 bridgehead atoms. The first-order valence-electron chi connectivity index (χ1n) is 6.31. The molecule has 0 aliphatic rings. The van der Waals surface area contributed by atoms with Gasteiger partial charge >= 0.3 is 0 Å². The van der Waals surface area contributed by atoms with E-state index in [9.17, 15) is 0 Å². The van der Waals surface area contributed by atoms with E-state index in [1.54, 1.807) is 0 Å². The quantitative estimate of drug-likeness (QED) is 0.613. The van der Waals surface area contributed by atoms with Crippen molar-refractivity contribution in [2.45, 2.75) is 20.8 Å². The Hall–Kier alpha value is -2.44. The molecular formula is C19H16. The fourth-order valence-electron chi connectivity index (χ4n) is 1.80. The van der Waals surface area contributed by atoms with Crippen molar-refractivity contribution < 1.29 is 0 Å². The van der Waals surface area contributed by atoms with Gasteiger partial charge in [0, 0.05) is 16.7 Å². The Bertz CT molecular complexity index is 696. The molecule has 0 saturated heterocycles. The molecule has 2 aromatic carbocycles. The minimum absolute atomic E-state index is 1.03. The van der Waals surface area contributed by atoms with E-state index in [0.717, 1.165) is 16.7 Å². The molecule has 92 valence electrons. The monoisotopic (exact) mass is 244 g/mol. The maximum absolute atomic E-state index is 3.19. The first kappa shape index (κ1) is 13.0. The summed E-state index contributed by atoms with van der Waals surface area (Å²) in [5.74, 6) is 12.4. The van der Waals surface area contributed by atoms with E-state index in [1.165, 1.54) is 11.1 Å². The summed E-state index contributed by atoms with van der Waals surface area (Å²) in [6.07, 6.45) is 0. The molecule has 19 heavy (non-hydrogen) atoms. The SMILES string of the molecule is CC#Cc1ccc(C#Cc2ccc(C)cc2)cc1C. The van der Waals surface area contributed by atoms with Gasteiger partial charge in [-0.25, -0.2) is 0 Å². The van der Waals surface area contributed by atoms with Crippen LogP contribution in [0.1, 0.15) is 34.7 Å². The molecule has 0 heterocycles. The molecule has 0 aliphatic carbocycles. The molecular weight excluding hydrogens is 228 g/mol. The summed E-state index contributed by atoms with van der Waals surface area (Å²) in [7, 11) is 0. The molecule has 0 amide bonds. The third-order valence-corrected chi connectivity index (χ3v) is 2.89. The second kappa shape index (κ2) is 5.94. The molecule has 0 fully saturated rings. The molecule has 2 aromatic rings. The van der Waals surface area contributed by atoms with Crippen LogP contribution < -0.4 is 0 Å². The Balaban J connectivity index is 2.27. The summed E-state index contributed by atoms with van der Waals surface area (Å²) in [5.41, 5.74) is 5.57. The van der Waals surface area contributed by atoms with Gasteiger partial charge in [0.05, 0.1) is 0 Å². The van der Waals surface area contributed by atoms with Crippen molar-refractivity contribution in [3.63, 3.8) is 0 Å². The Morgan fingerprint density at radius 2 is 1.37 bits per heavy atom. The van der Waals surface area contributed by atoms with Gasteiger partial charge in [0.1, 0.15) is 0 Å². The van der Waals surface area contributed by atoms with E-state index in [2.05, 4.69) is 55.7 Å². The van der Waals surface area contributed by atoms with Gasteiger partial charge in [0.2, 0.25) is 0 Å². The van der Waals surface area contributed by atoms with Gasteiger partial charge in [-0.15, -0.1) is 5.92 Å². The topological polar surface area (TPSA) is 0 Å². The van der Waals surface area contributed by atoms with Crippen molar-refractivity contribution in [3.8, 4) is 23.7 Å². The Morgan fingerprint density at radius 1 is 0.737 bits per heavy atom. The highest BCUT2D eigenvalue weighted by Crippen LogP contribution is 2.09. The van der Waals surface area contributed by atoms with Crippen LogP contribution in [0.2, 0.25) is 0 Å². The van der Waals surface area contributed by atoms with Crippen molar-refractivity contribution >= 4 is 0 Å². The molecule has 0 aromatic heterocycles. The molecule has 0 heteroatoms. The maximum atomic E-state index is 3.19. The zero-order valence-corrected chi connectivity index (χ0v) is 11.5. The first-order chi connectivity index (χ1) is 9.19. The van der Waals surface area contributed by atoms with Gasteiger partial charge in [-0.2, -0.15) is 0 Å². The number of hydrogen-bond donors (Lipinski definition) is 0. The molecule has 0 atom stereocenters. The van der Waals surface area contributed by atoms with Crippen molar-refractivity contribution in [2.24, 2.45) is 0 Å². The lowest BCUT2D eigenvalue weighted by Crippen LogP contribution is -1.84. The molecule has 0 nitrogen and oxygen atoms in total. The van der Waals surface area contributed by atoms with Crippen LogP contribution in [0.3, 0.4) is 0 Å². The van der Waals surface area contributed by atoms with Gasteiger partial charge in [-0.3, -0.25) is 0 Å². The average Bonchev–Trinajstić information content (AvgIpc) is 2.41. The highest BCUT2D eigenvalue weighted by molar-refractivity contribution is 5.49. The Kier molecular flexibility index (Phi) is 4.07. The van der Waals surface area contributed by atoms with E-state index >= 15 is 0 Å². The average molecular weight is 244 g/mol. The predicted molar refractivity (Wildman–Crippen MR) is 80.9 cm³/mol. The smallest absolute Gasteiger partial charge is 0.0275 e. The van der Waals surface area contributed by atoms with E-state index in [1.807, 2.05) is 31.2 Å². The lowest BCUT2D eigenvalue weighted by atomic mass is 10.1. The molecule has 0 aliphatic heterocycles. The number of aryl methyl sites for hydroxylation is 2. The van der Waals surface area contributed by atoms with Gasteiger partial charge in [0.15, 0.2) is 0 Å². The van der Waals surface area contributed by atoms with Crippen LogP contribution in [-0.4, -0.2) is 0 Å². The van der Waals surface area contributed by atoms with Gasteiger partial charge in [-0.1, -0.05) is 35.5 Å². The molecule has 0 radical (unpaired) electrons. The molecule has 2 rings (SSSR count). The Labute approximate surface area is 115 Å². The molecule has 0 spiro atoms. The predicted octanol–water partition coefficient (Wildman–Crippen LogP) is 4.07. The molecule has 0 N–H and O–H groups in total. The van der Waals surface area contributed by atoms with Crippen molar-refractivity contribution in [2.75, 3.05) is 0 Å². The lowest BCUT2D eigenvalue weighted by molar-refractivity contribution is 1.42. The molecule has 0 saturated carbocycles. The van der Waals surface area contributed by atoms with Gasteiger partial charge in [0.25, 0.3) is 0 Å². The third-order valence-electron chi connectivity index (χ3n) is 2.89. The second-order valence-corrected chi connectivity index (χ2v) is 4.52. The van der Waals surface area contributed by atoms with Gasteiger partial charge in [-0.05, 0) is 56.7 Å². The first-order valence-corrected chi connectivity index (χ1v) is 6.31. The summed E-state index contributed by atoms with van der Waals surface area (Å²) in [5, 5.41) is 0. The van der Waals surface area contributed by atoms with E-state index in [4.69, 9.17) is 0 Å². The molecule has 0 unspecified atom stereocenters. The number of hydrogen-bond acceptors (Lipinski definition) is 0. The highest BCUT2D eigenvalue weighted by atomic mass is 14.0. The van der Waals surface area contributed by atoms with Crippen LogP contribution in [0.4, 0.5) is 0 Å². The maximum Gasteiger partial charge on any atom is 0.0275 e. The van der Waals surface area contributed by atoms with Crippen LogP contribution in [0.5, 0.6) is 0 Å². The standard InChI is InChI=1S/C19H16/c1-4-5-19-13-12-18(14-16(19)3)11-10-17-8-6-15(2)7-9-17/h6-9,12-14H,1-3H3. The van der Waals surface area contributed by atoms with Crippen LogP contribution in [0.15, 0.2) is 42.5 Å². The van der Waals surface area contributed by atoms with E-state index in [-0.39, 0.29) is 0 Å². The van der Waals surface area contributed by atoms with Gasteiger partial charge < -0.3 is 0 Å². The minimum Gasteiger partial charge on any atom is -0.101 e. The normalized spacial score (nSPS) is 9.00. The lowest BCUT2D eigenvalue weighted by Gasteiger charge is -1.98. The third kappa shape index (κ3) is 3.51. The largest absolute Gasteiger partial charge is 0.101 e. The zero-order chi connectivity index (χ0) is 13.7. The highest BCUT2D eigenvalue weighted by Gasteiger charge is 1.95. The minimum atomic E-state index is 1.03. The second-order valence-electron chi connectivity index (χ2n) is 4.52. The van der Waals surface area contributed by atoms with E-state index < -0.39 is 0 Å².